The van der Waals surface area contributed by atoms with Crippen LogP contribution in [0.25, 0.3) is 62.6 Å². The molecule has 2 heterocycles. The van der Waals surface area contributed by atoms with Crippen molar-refractivity contribution < 1.29 is 0 Å². The average Bonchev–Trinajstić information content (AvgIpc) is 3.51. The van der Waals surface area contributed by atoms with Gasteiger partial charge in [0.2, 0.25) is 0 Å². The summed E-state index contributed by atoms with van der Waals surface area (Å²) in [5, 5.41) is 6.15. The third-order valence-electron chi connectivity index (χ3n) is 7.91. The quantitative estimate of drug-likeness (QED) is 0.203. The first-order chi connectivity index (χ1) is 17.5. The van der Waals surface area contributed by atoms with Gasteiger partial charge in [-0.2, -0.15) is 0 Å². The minimum absolute atomic E-state index is 0.0394. The average molecular weight is 517 g/mol. The van der Waals surface area contributed by atoms with E-state index in [4.69, 9.17) is 11.6 Å². The van der Waals surface area contributed by atoms with E-state index in [2.05, 4.69) is 105 Å². The highest BCUT2D eigenvalue weighted by Gasteiger charge is 2.37. The molecule has 8 rings (SSSR count). The molecule has 0 radical (unpaired) electrons. The smallest absolute Gasteiger partial charge is 0.0426 e. The molecule has 0 saturated heterocycles. The Balaban J connectivity index is 1.47. The Bertz CT molecular complexity index is 2040. The maximum atomic E-state index is 6.67. The van der Waals surface area contributed by atoms with Crippen LogP contribution in [0.15, 0.2) is 91.0 Å². The molecule has 2 aromatic heterocycles. The van der Waals surface area contributed by atoms with Crippen molar-refractivity contribution in [1.82, 2.24) is 0 Å². The van der Waals surface area contributed by atoms with Crippen LogP contribution < -0.4 is 0 Å². The molecule has 0 nitrogen and oxygen atoms in total. The fourth-order valence-corrected chi connectivity index (χ4v) is 8.90. The van der Waals surface area contributed by atoms with Gasteiger partial charge >= 0.3 is 0 Å². The largest absolute Gasteiger partial charge is 0.135 e. The number of fused-ring (bicyclic) bond motifs is 10. The molecule has 1 aliphatic rings. The third-order valence-corrected chi connectivity index (χ3v) is 10.4. The van der Waals surface area contributed by atoms with Crippen LogP contribution in [-0.2, 0) is 5.41 Å². The summed E-state index contributed by atoms with van der Waals surface area (Å²) in [6.45, 7) is 4.75. The predicted octanol–water partition coefficient (Wildman–Crippen LogP) is 11.0. The molecule has 0 N–H and O–H groups in total. The fraction of sp³-hybridized carbons (Fsp3) is 0.0909. The summed E-state index contributed by atoms with van der Waals surface area (Å²) in [4.78, 5) is 0. The minimum Gasteiger partial charge on any atom is -0.135 e. The van der Waals surface area contributed by atoms with Crippen LogP contribution in [0.2, 0.25) is 5.02 Å². The van der Waals surface area contributed by atoms with Gasteiger partial charge < -0.3 is 0 Å². The van der Waals surface area contributed by atoms with Crippen molar-refractivity contribution in [3.05, 3.63) is 107 Å². The van der Waals surface area contributed by atoms with Crippen LogP contribution in [0, 0.1) is 0 Å². The SMILES string of the molecule is CC1(C)c2ccccc2-c2ccc3sc4ccc(-c5cc(Cl)cc6sc7ccccc7c56)cc4c3c21. The molecule has 172 valence electrons. The Labute approximate surface area is 222 Å². The lowest BCUT2D eigenvalue weighted by atomic mass is 9.80. The van der Waals surface area contributed by atoms with Crippen LogP contribution in [0.1, 0.15) is 25.0 Å². The second kappa shape index (κ2) is 7.20. The summed E-state index contributed by atoms with van der Waals surface area (Å²) >= 11 is 10.4. The second-order valence-electron chi connectivity index (χ2n) is 10.3. The first-order valence-electron chi connectivity index (χ1n) is 12.2. The number of rotatable bonds is 1. The molecule has 0 aliphatic heterocycles. The van der Waals surface area contributed by atoms with Crippen molar-refractivity contribution >= 4 is 74.6 Å². The normalized spacial score (nSPS) is 14.2. The van der Waals surface area contributed by atoms with Crippen LogP contribution in [-0.4, -0.2) is 0 Å². The number of hydrogen-bond donors (Lipinski definition) is 0. The Hall–Kier alpha value is -3.17. The third kappa shape index (κ3) is 2.70. The van der Waals surface area contributed by atoms with E-state index < -0.39 is 0 Å². The van der Waals surface area contributed by atoms with Crippen molar-refractivity contribution in [2.24, 2.45) is 0 Å². The summed E-state index contributed by atoms with van der Waals surface area (Å²) in [6.07, 6.45) is 0. The lowest BCUT2D eigenvalue weighted by molar-refractivity contribution is 0.667. The zero-order chi connectivity index (χ0) is 24.2. The molecule has 0 amide bonds. The molecule has 3 heteroatoms. The van der Waals surface area contributed by atoms with Crippen molar-refractivity contribution in [2.75, 3.05) is 0 Å². The molecule has 0 unspecified atom stereocenters. The standard InChI is InChI=1S/C33H21ClS2/c1-33(2)25-9-5-3-7-20(25)21-12-14-28-31(32(21)33)24-15-18(11-13-27(24)35-28)23-16-19(34)17-29-30(23)22-8-4-6-10-26(22)36-29/h3-17H,1-2H3. The van der Waals surface area contributed by atoms with Crippen LogP contribution >= 0.6 is 34.3 Å². The van der Waals surface area contributed by atoms with Gasteiger partial charge in [0.25, 0.3) is 0 Å². The Kier molecular flexibility index (Phi) is 4.19. The molecule has 36 heavy (non-hydrogen) atoms. The Morgan fingerprint density at radius 2 is 1.33 bits per heavy atom. The highest BCUT2D eigenvalue weighted by atomic mass is 35.5. The molecule has 0 bridgehead atoms. The second-order valence-corrected chi connectivity index (χ2v) is 12.9. The first-order valence-corrected chi connectivity index (χ1v) is 14.2. The summed E-state index contributed by atoms with van der Waals surface area (Å²) < 4.78 is 5.24. The van der Waals surface area contributed by atoms with Gasteiger partial charge in [-0.25, -0.2) is 0 Å². The zero-order valence-corrected chi connectivity index (χ0v) is 22.2. The Morgan fingerprint density at radius 3 is 2.25 bits per heavy atom. The van der Waals surface area contributed by atoms with Gasteiger partial charge in [0.15, 0.2) is 0 Å². The van der Waals surface area contributed by atoms with Gasteiger partial charge in [-0.1, -0.05) is 80.0 Å². The molecular formula is C33H21ClS2. The molecule has 0 fully saturated rings. The molecule has 0 spiro atoms. The summed E-state index contributed by atoms with van der Waals surface area (Å²) in [7, 11) is 0. The van der Waals surface area contributed by atoms with E-state index in [1.807, 2.05) is 22.7 Å². The summed E-state index contributed by atoms with van der Waals surface area (Å²) in [5.74, 6) is 0. The molecule has 0 atom stereocenters. The van der Waals surface area contributed by atoms with Gasteiger partial charge in [-0.05, 0) is 69.8 Å². The van der Waals surface area contributed by atoms with E-state index in [1.165, 1.54) is 73.7 Å². The van der Waals surface area contributed by atoms with Crippen LogP contribution in [0.3, 0.4) is 0 Å². The highest BCUT2D eigenvalue weighted by Crippen LogP contribution is 2.54. The number of benzene rings is 5. The number of hydrogen-bond acceptors (Lipinski definition) is 2. The molecule has 5 aromatic carbocycles. The van der Waals surface area contributed by atoms with E-state index in [-0.39, 0.29) is 5.41 Å². The lowest BCUT2D eigenvalue weighted by Crippen LogP contribution is -2.15. The zero-order valence-electron chi connectivity index (χ0n) is 19.9. The monoisotopic (exact) mass is 516 g/mol. The van der Waals surface area contributed by atoms with Crippen LogP contribution in [0.4, 0.5) is 0 Å². The van der Waals surface area contributed by atoms with Gasteiger partial charge in [0.05, 0.1) is 0 Å². The van der Waals surface area contributed by atoms with Gasteiger partial charge in [-0.3, -0.25) is 0 Å². The maximum absolute atomic E-state index is 6.67. The van der Waals surface area contributed by atoms with E-state index in [9.17, 15) is 0 Å². The van der Waals surface area contributed by atoms with Crippen molar-refractivity contribution in [1.29, 1.82) is 0 Å². The lowest BCUT2D eigenvalue weighted by Gasteiger charge is -2.22. The van der Waals surface area contributed by atoms with E-state index in [0.29, 0.717) is 0 Å². The maximum Gasteiger partial charge on any atom is 0.0426 e. The van der Waals surface area contributed by atoms with Crippen molar-refractivity contribution in [3.63, 3.8) is 0 Å². The van der Waals surface area contributed by atoms with E-state index in [0.717, 1.165) is 5.02 Å². The van der Waals surface area contributed by atoms with Gasteiger partial charge in [-0.15, -0.1) is 22.7 Å². The predicted molar refractivity (Wildman–Crippen MR) is 160 cm³/mol. The van der Waals surface area contributed by atoms with E-state index >= 15 is 0 Å². The fourth-order valence-electron chi connectivity index (χ4n) is 6.36. The van der Waals surface area contributed by atoms with E-state index in [1.54, 1.807) is 0 Å². The molecule has 7 aromatic rings. The Morgan fingerprint density at radius 1 is 0.583 bits per heavy atom. The summed E-state index contributed by atoms with van der Waals surface area (Å²) in [6, 6.07) is 33.5. The molecule has 1 aliphatic carbocycles. The van der Waals surface area contributed by atoms with Crippen molar-refractivity contribution in [2.45, 2.75) is 19.3 Å². The topological polar surface area (TPSA) is 0 Å². The first kappa shape index (κ1) is 21.0. The minimum atomic E-state index is -0.0394. The van der Waals surface area contributed by atoms with Gasteiger partial charge in [0, 0.05) is 50.8 Å². The molecular weight excluding hydrogens is 496 g/mol. The highest BCUT2D eigenvalue weighted by molar-refractivity contribution is 7.26. The number of halogens is 1. The van der Waals surface area contributed by atoms with Gasteiger partial charge in [0.1, 0.15) is 0 Å². The van der Waals surface area contributed by atoms with Crippen molar-refractivity contribution in [3.8, 4) is 22.3 Å². The molecule has 0 saturated carbocycles. The number of thiophene rings is 2. The van der Waals surface area contributed by atoms with Crippen LogP contribution in [0.5, 0.6) is 0 Å². The summed E-state index contributed by atoms with van der Waals surface area (Å²) in [5.41, 5.74) is 8.03.